The summed E-state index contributed by atoms with van der Waals surface area (Å²) in [7, 11) is 1.96. The molecule has 142 valence electrons. The number of guanidine groups is 1. The molecule has 2 N–H and O–H groups in total. The molecule has 25 heavy (non-hydrogen) atoms. The lowest BCUT2D eigenvalue weighted by Gasteiger charge is -2.34. The molecule has 1 aromatic heterocycles. The van der Waals surface area contributed by atoms with Gasteiger partial charge in [-0.25, -0.2) is 4.99 Å². The van der Waals surface area contributed by atoms with Crippen molar-refractivity contribution in [2.75, 3.05) is 26.2 Å². The molecule has 1 aromatic rings. The van der Waals surface area contributed by atoms with Crippen LogP contribution in [0, 0.1) is 5.92 Å². The van der Waals surface area contributed by atoms with Crippen LogP contribution in [-0.4, -0.2) is 52.9 Å². The summed E-state index contributed by atoms with van der Waals surface area (Å²) in [4.78, 5) is 7.40. The number of rotatable bonds is 7. The number of aromatic nitrogens is 2. The van der Waals surface area contributed by atoms with E-state index in [2.05, 4.69) is 41.4 Å². The van der Waals surface area contributed by atoms with Gasteiger partial charge in [0, 0.05) is 32.4 Å². The zero-order valence-electron chi connectivity index (χ0n) is 16.5. The number of nitrogens with zero attached hydrogens (tertiary/aromatic N) is 4. The Labute approximate surface area is 153 Å². The fourth-order valence-corrected chi connectivity index (χ4v) is 3.47. The summed E-state index contributed by atoms with van der Waals surface area (Å²) in [6.45, 7) is 11.7. The lowest BCUT2D eigenvalue weighted by atomic mass is 10.0. The Bertz CT molecular complexity index is 514. The third-order valence-electron chi connectivity index (χ3n) is 5.02. The Hall–Kier alpha value is -1.56. The van der Waals surface area contributed by atoms with Crippen molar-refractivity contribution in [1.82, 2.24) is 25.3 Å². The Morgan fingerprint density at radius 3 is 2.48 bits per heavy atom. The second-order valence-corrected chi connectivity index (χ2v) is 7.28. The van der Waals surface area contributed by atoms with Crippen LogP contribution in [0.2, 0.25) is 0 Å². The molecule has 6 nitrogen and oxygen atoms in total. The van der Waals surface area contributed by atoms with Gasteiger partial charge in [0.05, 0.1) is 12.2 Å². The fraction of sp³-hybridized carbons (Fsp3) is 0.789. The molecule has 0 saturated carbocycles. The fourth-order valence-electron chi connectivity index (χ4n) is 3.47. The second-order valence-electron chi connectivity index (χ2n) is 7.28. The van der Waals surface area contributed by atoms with E-state index in [0.717, 1.165) is 24.7 Å². The van der Waals surface area contributed by atoms with Gasteiger partial charge in [-0.1, -0.05) is 26.7 Å². The molecule has 1 saturated heterocycles. The Morgan fingerprint density at radius 2 is 1.92 bits per heavy atom. The predicted molar refractivity (Wildman–Crippen MR) is 105 cm³/mol. The minimum Gasteiger partial charge on any atom is -0.357 e. The lowest BCUT2D eigenvalue weighted by molar-refractivity contribution is 0.161. The highest BCUT2D eigenvalue weighted by molar-refractivity contribution is 5.79. The maximum absolute atomic E-state index is 4.73. The quantitative estimate of drug-likeness (QED) is 0.587. The highest BCUT2D eigenvalue weighted by Crippen LogP contribution is 2.17. The number of nitrogens with one attached hydrogen (secondary N) is 2. The Morgan fingerprint density at radius 1 is 1.20 bits per heavy atom. The first kappa shape index (κ1) is 19.8. The van der Waals surface area contributed by atoms with E-state index >= 15 is 0 Å². The van der Waals surface area contributed by atoms with Crippen LogP contribution in [0.25, 0.3) is 0 Å². The number of aliphatic imine (C=N–C) groups is 1. The topological polar surface area (TPSA) is 57.5 Å². The van der Waals surface area contributed by atoms with Gasteiger partial charge >= 0.3 is 0 Å². The average Bonchev–Trinajstić information content (AvgIpc) is 2.83. The molecule has 0 aromatic carbocycles. The summed E-state index contributed by atoms with van der Waals surface area (Å²) in [5, 5.41) is 11.1. The number of hydrogen-bond acceptors (Lipinski definition) is 3. The van der Waals surface area contributed by atoms with Gasteiger partial charge in [-0.05, 0) is 44.8 Å². The van der Waals surface area contributed by atoms with Gasteiger partial charge in [0.2, 0.25) is 0 Å². The molecule has 2 heterocycles. The van der Waals surface area contributed by atoms with Gasteiger partial charge in [0.1, 0.15) is 0 Å². The minimum atomic E-state index is 0.554. The molecule has 6 heteroatoms. The van der Waals surface area contributed by atoms with E-state index in [4.69, 9.17) is 4.99 Å². The van der Waals surface area contributed by atoms with Crippen LogP contribution in [0.5, 0.6) is 0 Å². The van der Waals surface area contributed by atoms with Gasteiger partial charge in [0.25, 0.3) is 0 Å². The van der Waals surface area contributed by atoms with Crippen molar-refractivity contribution < 1.29 is 0 Å². The van der Waals surface area contributed by atoms with E-state index in [1.54, 1.807) is 0 Å². The first-order valence-electron chi connectivity index (χ1n) is 9.85. The Balaban J connectivity index is 1.95. The molecule has 2 rings (SSSR count). The maximum atomic E-state index is 4.73. The standard InChI is InChI=1S/C19H36N6/c1-5-20-19(21-14-17-10-11-23-24(17)4)22-15-18(16(2)3)25-12-8-6-7-9-13-25/h10-11,16,18H,5-9,12-15H2,1-4H3,(H2,20,21,22). The van der Waals surface area contributed by atoms with Crippen LogP contribution in [-0.2, 0) is 13.6 Å². The molecule has 1 atom stereocenters. The second kappa shape index (κ2) is 10.4. The third kappa shape index (κ3) is 6.34. The molecule has 0 amide bonds. The van der Waals surface area contributed by atoms with E-state index in [0.29, 0.717) is 18.5 Å². The highest BCUT2D eigenvalue weighted by Gasteiger charge is 2.22. The average molecular weight is 349 g/mol. The van der Waals surface area contributed by atoms with Gasteiger partial charge in [0.15, 0.2) is 5.96 Å². The molecule has 0 spiro atoms. The van der Waals surface area contributed by atoms with E-state index in [9.17, 15) is 0 Å². The van der Waals surface area contributed by atoms with Crippen molar-refractivity contribution in [3.63, 3.8) is 0 Å². The van der Waals surface area contributed by atoms with Crippen molar-refractivity contribution in [2.24, 2.45) is 18.0 Å². The maximum Gasteiger partial charge on any atom is 0.191 e. The van der Waals surface area contributed by atoms with Crippen LogP contribution in [0.4, 0.5) is 0 Å². The summed E-state index contributed by atoms with van der Waals surface area (Å²) in [6, 6.07) is 2.57. The number of likely N-dealkylation sites (tertiary alicyclic amines) is 1. The summed E-state index contributed by atoms with van der Waals surface area (Å²) in [5.41, 5.74) is 1.12. The SMILES string of the molecule is CCNC(=NCc1ccnn1C)NCC(C(C)C)N1CCCCCC1. The normalized spacial score (nSPS) is 18.2. The largest absolute Gasteiger partial charge is 0.357 e. The molecule has 1 unspecified atom stereocenters. The van der Waals surface area contributed by atoms with Crippen LogP contribution in [0.3, 0.4) is 0 Å². The monoisotopic (exact) mass is 348 g/mol. The first-order valence-corrected chi connectivity index (χ1v) is 9.85. The van der Waals surface area contributed by atoms with E-state index in [1.807, 2.05) is 24.0 Å². The summed E-state index contributed by atoms with van der Waals surface area (Å²) < 4.78 is 1.88. The van der Waals surface area contributed by atoms with Crippen LogP contribution in [0.15, 0.2) is 17.3 Å². The van der Waals surface area contributed by atoms with E-state index in [1.165, 1.54) is 38.8 Å². The smallest absolute Gasteiger partial charge is 0.191 e. The molecule has 1 aliphatic rings. The third-order valence-corrected chi connectivity index (χ3v) is 5.02. The number of hydrogen-bond donors (Lipinski definition) is 2. The molecule has 1 fully saturated rings. The van der Waals surface area contributed by atoms with Crippen molar-refractivity contribution >= 4 is 5.96 Å². The molecule has 1 aliphatic heterocycles. The lowest BCUT2D eigenvalue weighted by Crippen LogP contribution is -2.49. The van der Waals surface area contributed by atoms with Crippen LogP contribution in [0.1, 0.15) is 52.1 Å². The summed E-state index contributed by atoms with van der Waals surface area (Å²) >= 11 is 0. The van der Waals surface area contributed by atoms with E-state index < -0.39 is 0 Å². The van der Waals surface area contributed by atoms with Crippen LogP contribution < -0.4 is 10.6 Å². The van der Waals surface area contributed by atoms with Gasteiger partial charge in [-0.15, -0.1) is 0 Å². The molecule has 0 bridgehead atoms. The van der Waals surface area contributed by atoms with E-state index in [-0.39, 0.29) is 0 Å². The minimum absolute atomic E-state index is 0.554. The zero-order valence-corrected chi connectivity index (χ0v) is 16.5. The zero-order chi connectivity index (χ0) is 18.1. The predicted octanol–water partition coefficient (Wildman–Crippen LogP) is 2.38. The number of aryl methyl sites for hydroxylation is 1. The van der Waals surface area contributed by atoms with Gasteiger partial charge in [-0.2, -0.15) is 5.10 Å². The summed E-state index contributed by atoms with van der Waals surface area (Å²) in [5.74, 6) is 1.52. The first-order chi connectivity index (χ1) is 12.1. The van der Waals surface area contributed by atoms with Crippen molar-refractivity contribution in [2.45, 2.75) is 59.0 Å². The van der Waals surface area contributed by atoms with Gasteiger partial charge in [-0.3, -0.25) is 9.58 Å². The molecular formula is C19H36N6. The van der Waals surface area contributed by atoms with Crippen molar-refractivity contribution in [3.05, 3.63) is 18.0 Å². The van der Waals surface area contributed by atoms with Crippen molar-refractivity contribution in [3.8, 4) is 0 Å². The van der Waals surface area contributed by atoms with Crippen molar-refractivity contribution in [1.29, 1.82) is 0 Å². The molecular weight excluding hydrogens is 312 g/mol. The Kier molecular flexibility index (Phi) is 8.25. The van der Waals surface area contributed by atoms with Gasteiger partial charge < -0.3 is 10.6 Å². The molecule has 0 aliphatic carbocycles. The summed E-state index contributed by atoms with van der Waals surface area (Å²) in [6.07, 6.45) is 7.24. The highest BCUT2D eigenvalue weighted by atomic mass is 15.3. The molecule has 0 radical (unpaired) electrons. The van der Waals surface area contributed by atoms with Crippen LogP contribution >= 0.6 is 0 Å².